The van der Waals surface area contributed by atoms with Crippen molar-refractivity contribution in [2.45, 2.75) is 77.2 Å². The SMILES string of the molecule is CCC(C)C(NC(=O)C(NC(=O)C(C)N)C(C)O)C(=O)N1CCCC1C(=O)O. The third kappa shape index (κ3) is 5.90. The number of nitrogens with two attached hydrogens (primary N) is 1. The molecule has 160 valence electrons. The van der Waals surface area contributed by atoms with Crippen LogP contribution in [0.15, 0.2) is 0 Å². The third-order valence-corrected chi connectivity index (χ3v) is 5.07. The van der Waals surface area contributed by atoms with E-state index in [1.165, 1.54) is 18.7 Å². The summed E-state index contributed by atoms with van der Waals surface area (Å²) >= 11 is 0. The molecule has 1 aliphatic heterocycles. The summed E-state index contributed by atoms with van der Waals surface area (Å²) in [5.41, 5.74) is 5.49. The molecule has 1 fully saturated rings. The molecule has 1 rings (SSSR count). The topological polar surface area (TPSA) is 162 Å². The summed E-state index contributed by atoms with van der Waals surface area (Å²) in [5.74, 6) is -3.17. The van der Waals surface area contributed by atoms with Crippen LogP contribution in [0.3, 0.4) is 0 Å². The Labute approximate surface area is 164 Å². The van der Waals surface area contributed by atoms with Gasteiger partial charge < -0.3 is 31.5 Å². The number of carbonyl (C=O) groups is 4. The van der Waals surface area contributed by atoms with E-state index in [0.717, 1.165) is 0 Å². The van der Waals surface area contributed by atoms with Crippen LogP contribution in [0.25, 0.3) is 0 Å². The van der Waals surface area contributed by atoms with E-state index in [2.05, 4.69) is 10.6 Å². The smallest absolute Gasteiger partial charge is 0.326 e. The van der Waals surface area contributed by atoms with Crippen LogP contribution in [-0.2, 0) is 19.2 Å². The Morgan fingerprint density at radius 1 is 1.11 bits per heavy atom. The average molecular weight is 400 g/mol. The summed E-state index contributed by atoms with van der Waals surface area (Å²) in [6, 6.07) is -4.04. The van der Waals surface area contributed by atoms with Crippen molar-refractivity contribution in [1.82, 2.24) is 15.5 Å². The van der Waals surface area contributed by atoms with Crippen molar-refractivity contribution in [2.24, 2.45) is 11.7 Å². The van der Waals surface area contributed by atoms with Gasteiger partial charge in [-0.15, -0.1) is 0 Å². The Hall–Kier alpha value is -2.20. The number of hydrogen-bond acceptors (Lipinski definition) is 6. The van der Waals surface area contributed by atoms with Gasteiger partial charge in [0.25, 0.3) is 0 Å². The van der Waals surface area contributed by atoms with Gasteiger partial charge in [-0.2, -0.15) is 0 Å². The van der Waals surface area contributed by atoms with Crippen molar-refractivity contribution in [1.29, 1.82) is 0 Å². The van der Waals surface area contributed by atoms with Crippen LogP contribution in [0.5, 0.6) is 0 Å². The van der Waals surface area contributed by atoms with E-state index in [0.29, 0.717) is 25.8 Å². The van der Waals surface area contributed by atoms with Gasteiger partial charge in [0.15, 0.2) is 0 Å². The van der Waals surface area contributed by atoms with Gasteiger partial charge in [-0.3, -0.25) is 14.4 Å². The zero-order valence-electron chi connectivity index (χ0n) is 16.8. The molecule has 0 spiro atoms. The van der Waals surface area contributed by atoms with Crippen molar-refractivity contribution < 1.29 is 29.4 Å². The molecule has 28 heavy (non-hydrogen) atoms. The fraction of sp³-hybridized carbons (Fsp3) is 0.778. The normalized spacial score (nSPS) is 21.9. The first-order chi connectivity index (χ1) is 13.0. The minimum Gasteiger partial charge on any atom is -0.480 e. The van der Waals surface area contributed by atoms with Gasteiger partial charge in [-0.1, -0.05) is 20.3 Å². The fourth-order valence-electron chi connectivity index (χ4n) is 3.08. The lowest BCUT2D eigenvalue weighted by Crippen LogP contribution is -2.60. The minimum atomic E-state index is -1.29. The molecule has 0 aromatic heterocycles. The van der Waals surface area contributed by atoms with E-state index >= 15 is 0 Å². The maximum Gasteiger partial charge on any atom is 0.326 e. The van der Waals surface area contributed by atoms with Crippen LogP contribution >= 0.6 is 0 Å². The molecule has 0 radical (unpaired) electrons. The van der Waals surface area contributed by atoms with Crippen molar-refractivity contribution >= 4 is 23.7 Å². The summed E-state index contributed by atoms with van der Waals surface area (Å²) < 4.78 is 0. The third-order valence-electron chi connectivity index (χ3n) is 5.07. The molecule has 6 unspecified atom stereocenters. The number of nitrogens with one attached hydrogen (secondary N) is 2. The zero-order chi connectivity index (χ0) is 21.6. The van der Waals surface area contributed by atoms with Crippen molar-refractivity contribution in [3.05, 3.63) is 0 Å². The number of aliphatic carboxylic acids is 1. The summed E-state index contributed by atoms with van der Waals surface area (Å²) in [4.78, 5) is 50.2. The molecule has 0 aromatic carbocycles. The van der Waals surface area contributed by atoms with Crippen molar-refractivity contribution in [3.8, 4) is 0 Å². The van der Waals surface area contributed by atoms with Crippen LogP contribution in [0.4, 0.5) is 0 Å². The number of amides is 3. The number of carbonyl (C=O) groups excluding carboxylic acids is 3. The van der Waals surface area contributed by atoms with E-state index in [1.807, 2.05) is 6.92 Å². The summed E-state index contributed by atoms with van der Waals surface area (Å²) in [5, 5.41) is 24.2. The second-order valence-electron chi connectivity index (χ2n) is 7.42. The molecule has 1 aliphatic rings. The monoisotopic (exact) mass is 400 g/mol. The predicted octanol–water partition coefficient (Wildman–Crippen LogP) is -1.19. The molecule has 10 heteroatoms. The van der Waals surface area contributed by atoms with Gasteiger partial charge >= 0.3 is 5.97 Å². The predicted molar refractivity (Wildman–Crippen MR) is 101 cm³/mol. The molecule has 0 aromatic rings. The highest BCUT2D eigenvalue weighted by Gasteiger charge is 2.40. The van der Waals surface area contributed by atoms with Crippen LogP contribution < -0.4 is 16.4 Å². The highest BCUT2D eigenvalue weighted by Crippen LogP contribution is 2.21. The Balaban J connectivity index is 3.00. The van der Waals surface area contributed by atoms with E-state index in [9.17, 15) is 29.4 Å². The Morgan fingerprint density at radius 3 is 2.14 bits per heavy atom. The number of nitrogens with zero attached hydrogens (tertiary/aromatic N) is 1. The molecule has 6 N–H and O–H groups in total. The molecule has 1 heterocycles. The maximum atomic E-state index is 13.0. The summed E-state index contributed by atoms with van der Waals surface area (Å²) in [7, 11) is 0. The summed E-state index contributed by atoms with van der Waals surface area (Å²) in [6.07, 6.45) is 0.287. The Morgan fingerprint density at radius 2 is 1.68 bits per heavy atom. The molecule has 1 saturated heterocycles. The van der Waals surface area contributed by atoms with Gasteiger partial charge in [-0.25, -0.2) is 4.79 Å². The first kappa shape index (κ1) is 23.8. The van der Waals surface area contributed by atoms with E-state index in [4.69, 9.17) is 5.73 Å². The van der Waals surface area contributed by atoms with Crippen LogP contribution in [-0.4, -0.2) is 75.6 Å². The molecule has 6 atom stereocenters. The van der Waals surface area contributed by atoms with Crippen LogP contribution in [0, 0.1) is 5.92 Å². The summed E-state index contributed by atoms with van der Waals surface area (Å²) in [6.45, 7) is 6.70. The highest BCUT2D eigenvalue weighted by atomic mass is 16.4. The first-order valence-electron chi connectivity index (χ1n) is 9.58. The minimum absolute atomic E-state index is 0.273. The van der Waals surface area contributed by atoms with E-state index in [1.54, 1.807) is 6.92 Å². The van der Waals surface area contributed by atoms with Gasteiger partial charge in [0.05, 0.1) is 12.1 Å². The molecule has 0 aliphatic carbocycles. The number of carboxylic acid groups (broad SMARTS) is 1. The van der Waals surface area contributed by atoms with Gasteiger partial charge in [-0.05, 0) is 32.6 Å². The lowest BCUT2D eigenvalue weighted by atomic mass is 9.96. The Kier molecular flexibility index (Phi) is 8.83. The number of hydrogen-bond donors (Lipinski definition) is 5. The van der Waals surface area contributed by atoms with Crippen LogP contribution in [0.1, 0.15) is 47.0 Å². The second-order valence-corrected chi connectivity index (χ2v) is 7.42. The lowest BCUT2D eigenvalue weighted by molar-refractivity contribution is -0.150. The number of likely N-dealkylation sites (tertiary alicyclic amines) is 1. The van der Waals surface area contributed by atoms with E-state index < -0.39 is 54.0 Å². The highest BCUT2D eigenvalue weighted by molar-refractivity contribution is 5.94. The molecule has 3 amide bonds. The standard InChI is InChI=1S/C18H32N4O6/c1-5-9(2)13(17(26)22-8-6-7-12(22)18(27)28)20-16(25)14(11(4)23)21-15(24)10(3)19/h9-14,23H,5-8,19H2,1-4H3,(H,20,25)(H,21,24)(H,27,28). The largest absolute Gasteiger partial charge is 0.480 e. The van der Waals surface area contributed by atoms with Gasteiger partial charge in [0, 0.05) is 6.54 Å². The number of aliphatic hydroxyl groups is 1. The number of aliphatic hydroxyl groups excluding tert-OH is 1. The number of carboxylic acids is 1. The van der Waals surface area contributed by atoms with Crippen molar-refractivity contribution in [2.75, 3.05) is 6.54 Å². The zero-order valence-corrected chi connectivity index (χ0v) is 16.8. The van der Waals surface area contributed by atoms with Gasteiger partial charge in [0.2, 0.25) is 17.7 Å². The van der Waals surface area contributed by atoms with Crippen molar-refractivity contribution in [3.63, 3.8) is 0 Å². The Bertz CT molecular complexity index is 595. The first-order valence-corrected chi connectivity index (χ1v) is 9.58. The maximum absolute atomic E-state index is 13.0. The molecular formula is C18H32N4O6. The van der Waals surface area contributed by atoms with Gasteiger partial charge in [0.1, 0.15) is 18.1 Å². The molecule has 0 bridgehead atoms. The van der Waals surface area contributed by atoms with Crippen LogP contribution in [0.2, 0.25) is 0 Å². The van der Waals surface area contributed by atoms with E-state index in [-0.39, 0.29) is 5.92 Å². The average Bonchev–Trinajstić information content (AvgIpc) is 3.12. The second kappa shape index (κ2) is 10.4. The fourth-order valence-corrected chi connectivity index (χ4v) is 3.08. The lowest BCUT2D eigenvalue weighted by Gasteiger charge is -2.32. The molecule has 0 saturated carbocycles. The molecule has 10 nitrogen and oxygen atoms in total. The molecular weight excluding hydrogens is 368 g/mol. The quantitative estimate of drug-likeness (QED) is 0.325. The number of rotatable bonds is 9.